The van der Waals surface area contributed by atoms with Crippen LogP contribution in [0.5, 0.6) is 0 Å². The minimum absolute atomic E-state index is 0.0932. The second-order valence-electron chi connectivity index (χ2n) is 5.32. The highest BCUT2D eigenvalue weighted by molar-refractivity contribution is 7.99. The summed E-state index contributed by atoms with van der Waals surface area (Å²) in [5.74, 6) is -0.917. The molecule has 3 N–H and O–H groups in total. The zero-order valence-electron chi connectivity index (χ0n) is 12.9. The van der Waals surface area contributed by atoms with Gasteiger partial charge >= 0.3 is 6.03 Å². The number of urea groups is 1. The van der Waals surface area contributed by atoms with Crippen molar-refractivity contribution in [1.82, 2.24) is 10.6 Å². The van der Waals surface area contributed by atoms with Crippen molar-refractivity contribution in [1.29, 1.82) is 0 Å². The lowest BCUT2D eigenvalue weighted by Gasteiger charge is -2.22. The summed E-state index contributed by atoms with van der Waals surface area (Å²) in [6.07, 6.45) is -0.0932. The lowest BCUT2D eigenvalue weighted by molar-refractivity contribution is -0.126. The van der Waals surface area contributed by atoms with Crippen molar-refractivity contribution < 1.29 is 14.4 Å². The van der Waals surface area contributed by atoms with E-state index in [4.69, 9.17) is 11.6 Å². The second kappa shape index (κ2) is 7.58. The van der Waals surface area contributed by atoms with Gasteiger partial charge in [-0.25, -0.2) is 4.79 Å². The highest BCUT2D eigenvalue weighted by Gasteiger charge is 2.29. The predicted molar refractivity (Wildman–Crippen MR) is 95.7 cm³/mol. The average Bonchev–Trinajstić information content (AvgIpc) is 2.58. The van der Waals surface area contributed by atoms with Gasteiger partial charge in [-0.1, -0.05) is 35.5 Å². The van der Waals surface area contributed by atoms with Gasteiger partial charge < -0.3 is 10.6 Å². The summed E-state index contributed by atoms with van der Waals surface area (Å²) < 4.78 is 0. The van der Waals surface area contributed by atoms with Crippen molar-refractivity contribution in [2.75, 3.05) is 5.32 Å². The van der Waals surface area contributed by atoms with Gasteiger partial charge in [0.1, 0.15) is 6.04 Å². The largest absolute Gasteiger partial charge is 0.325 e. The Bertz CT molecular complexity index is 810. The van der Waals surface area contributed by atoms with Crippen molar-refractivity contribution in [3.63, 3.8) is 0 Å². The molecule has 2 aromatic carbocycles. The minimum Gasteiger partial charge on any atom is -0.325 e. The van der Waals surface area contributed by atoms with Gasteiger partial charge in [-0.05, 0) is 36.4 Å². The van der Waals surface area contributed by atoms with Crippen molar-refractivity contribution in [3.8, 4) is 0 Å². The Balaban J connectivity index is 1.74. The molecule has 3 rings (SSSR count). The average molecular weight is 376 g/mol. The van der Waals surface area contributed by atoms with E-state index in [-0.39, 0.29) is 6.42 Å². The van der Waals surface area contributed by atoms with E-state index in [9.17, 15) is 14.4 Å². The first-order valence-electron chi connectivity index (χ1n) is 7.45. The summed E-state index contributed by atoms with van der Waals surface area (Å²) >= 11 is 7.36. The Morgan fingerprint density at radius 3 is 2.56 bits per heavy atom. The molecule has 0 aliphatic carbocycles. The fraction of sp³-hybridized carbons (Fsp3) is 0.118. The molecule has 25 heavy (non-hydrogen) atoms. The number of hydrogen-bond donors (Lipinski definition) is 3. The van der Waals surface area contributed by atoms with E-state index in [1.54, 1.807) is 24.3 Å². The van der Waals surface area contributed by atoms with E-state index in [0.717, 1.165) is 9.79 Å². The van der Waals surface area contributed by atoms with E-state index < -0.39 is 23.9 Å². The van der Waals surface area contributed by atoms with E-state index in [2.05, 4.69) is 16.0 Å². The van der Waals surface area contributed by atoms with Crippen LogP contribution in [0.4, 0.5) is 10.5 Å². The van der Waals surface area contributed by atoms with Crippen LogP contribution in [0, 0.1) is 0 Å². The Morgan fingerprint density at radius 2 is 1.84 bits per heavy atom. The van der Waals surface area contributed by atoms with Gasteiger partial charge in [0, 0.05) is 14.8 Å². The van der Waals surface area contributed by atoms with Crippen LogP contribution in [0.25, 0.3) is 0 Å². The number of anilines is 1. The third kappa shape index (κ3) is 4.52. The molecule has 0 spiro atoms. The van der Waals surface area contributed by atoms with Gasteiger partial charge in [0.05, 0.1) is 12.1 Å². The fourth-order valence-electron chi connectivity index (χ4n) is 2.28. The van der Waals surface area contributed by atoms with Crippen LogP contribution in [0.1, 0.15) is 6.42 Å². The molecule has 0 radical (unpaired) electrons. The first kappa shape index (κ1) is 17.3. The molecular formula is C17H14ClN3O3S. The number of benzene rings is 2. The molecule has 0 bridgehead atoms. The molecular weight excluding hydrogens is 362 g/mol. The van der Waals surface area contributed by atoms with Crippen LogP contribution in [0.3, 0.4) is 0 Å². The number of halogens is 1. The molecule has 0 saturated carbocycles. The fourth-order valence-corrected chi connectivity index (χ4v) is 3.30. The van der Waals surface area contributed by atoms with Crippen molar-refractivity contribution in [2.45, 2.75) is 22.3 Å². The monoisotopic (exact) mass is 375 g/mol. The number of amides is 4. The highest BCUT2D eigenvalue weighted by atomic mass is 35.5. The Kier molecular flexibility index (Phi) is 5.25. The van der Waals surface area contributed by atoms with Crippen molar-refractivity contribution in [3.05, 3.63) is 53.6 Å². The van der Waals surface area contributed by atoms with Gasteiger partial charge in [0.25, 0.3) is 0 Å². The SMILES string of the molecule is O=C1CC(C(=O)Nc2ccccc2Sc2ccc(Cl)cc2)NC(=O)N1. The minimum atomic E-state index is -0.894. The van der Waals surface area contributed by atoms with Gasteiger partial charge in [0.2, 0.25) is 11.8 Å². The molecule has 4 amide bonds. The summed E-state index contributed by atoms with van der Waals surface area (Å²) in [6, 6.07) is 13.1. The third-order valence-electron chi connectivity index (χ3n) is 3.45. The molecule has 8 heteroatoms. The van der Waals surface area contributed by atoms with Crippen LogP contribution in [0.2, 0.25) is 5.02 Å². The zero-order chi connectivity index (χ0) is 17.8. The molecule has 2 aromatic rings. The van der Waals surface area contributed by atoms with Crippen LogP contribution in [0.15, 0.2) is 58.3 Å². The topological polar surface area (TPSA) is 87.3 Å². The Morgan fingerprint density at radius 1 is 1.12 bits per heavy atom. The lowest BCUT2D eigenvalue weighted by atomic mass is 10.1. The molecule has 1 heterocycles. The van der Waals surface area contributed by atoms with Crippen LogP contribution in [-0.4, -0.2) is 23.9 Å². The molecule has 0 aromatic heterocycles. The van der Waals surface area contributed by atoms with E-state index in [0.29, 0.717) is 10.7 Å². The van der Waals surface area contributed by atoms with Gasteiger partial charge in [-0.2, -0.15) is 0 Å². The number of carbonyl (C=O) groups excluding carboxylic acids is 3. The predicted octanol–water partition coefficient (Wildman–Crippen LogP) is 3.03. The molecule has 128 valence electrons. The first-order chi connectivity index (χ1) is 12.0. The van der Waals surface area contributed by atoms with Gasteiger partial charge in [-0.15, -0.1) is 0 Å². The summed E-state index contributed by atoms with van der Waals surface area (Å²) in [5.41, 5.74) is 0.604. The normalized spacial score (nSPS) is 16.8. The van der Waals surface area contributed by atoms with Gasteiger partial charge in [0.15, 0.2) is 0 Å². The zero-order valence-corrected chi connectivity index (χ0v) is 14.5. The summed E-state index contributed by atoms with van der Waals surface area (Å²) in [7, 11) is 0. The molecule has 1 unspecified atom stereocenters. The quantitative estimate of drug-likeness (QED) is 0.766. The Hall–Kier alpha value is -2.51. The van der Waals surface area contributed by atoms with Gasteiger partial charge in [-0.3, -0.25) is 14.9 Å². The number of nitrogens with one attached hydrogen (secondary N) is 3. The number of hydrogen-bond acceptors (Lipinski definition) is 4. The molecule has 1 saturated heterocycles. The summed E-state index contributed by atoms with van der Waals surface area (Å²) in [5, 5.41) is 7.95. The first-order valence-corrected chi connectivity index (χ1v) is 8.64. The van der Waals surface area contributed by atoms with Crippen LogP contribution in [-0.2, 0) is 9.59 Å². The number of carbonyl (C=O) groups is 3. The molecule has 1 atom stereocenters. The Labute approximate surface area is 153 Å². The number of para-hydroxylation sites is 1. The summed E-state index contributed by atoms with van der Waals surface area (Å²) in [6.45, 7) is 0. The number of imide groups is 1. The standard InChI is InChI=1S/C17H14ClN3O3S/c18-10-5-7-11(8-6-10)25-14-4-2-1-3-12(14)19-16(23)13-9-15(22)21-17(24)20-13/h1-8,13H,9H2,(H,19,23)(H2,20,21,22,24). The lowest BCUT2D eigenvalue weighted by Crippen LogP contribution is -2.56. The van der Waals surface area contributed by atoms with E-state index >= 15 is 0 Å². The molecule has 1 aliphatic rings. The third-order valence-corrected chi connectivity index (χ3v) is 4.79. The second-order valence-corrected chi connectivity index (χ2v) is 6.87. The van der Waals surface area contributed by atoms with E-state index in [1.165, 1.54) is 11.8 Å². The summed E-state index contributed by atoms with van der Waals surface area (Å²) in [4.78, 5) is 36.9. The highest BCUT2D eigenvalue weighted by Crippen LogP contribution is 2.34. The van der Waals surface area contributed by atoms with Crippen LogP contribution >= 0.6 is 23.4 Å². The van der Waals surface area contributed by atoms with Crippen molar-refractivity contribution in [2.24, 2.45) is 0 Å². The maximum absolute atomic E-state index is 12.4. The van der Waals surface area contributed by atoms with Crippen molar-refractivity contribution >= 4 is 46.9 Å². The molecule has 1 fully saturated rings. The number of rotatable bonds is 4. The van der Waals surface area contributed by atoms with E-state index in [1.807, 2.05) is 24.3 Å². The maximum Gasteiger partial charge on any atom is 0.322 e. The molecule has 1 aliphatic heterocycles. The smallest absolute Gasteiger partial charge is 0.322 e. The maximum atomic E-state index is 12.4. The van der Waals surface area contributed by atoms with Crippen LogP contribution < -0.4 is 16.0 Å². The molecule has 6 nitrogen and oxygen atoms in total.